The maximum atomic E-state index is 11.8. The first-order valence-corrected chi connectivity index (χ1v) is 7.80. The van der Waals surface area contributed by atoms with Crippen LogP contribution in [0.5, 0.6) is 11.5 Å². The van der Waals surface area contributed by atoms with E-state index in [4.69, 9.17) is 0 Å². The van der Waals surface area contributed by atoms with E-state index >= 15 is 0 Å². The smallest absolute Gasteiger partial charge is 0.182 e. The summed E-state index contributed by atoms with van der Waals surface area (Å²) < 4.78 is 0. The van der Waals surface area contributed by atoms with Gasteiger partial charge in [-0.25, -0.2) is 0 Å². The number of hydrogen-bond acceptors (Lipinski definition) is 6. The van der Waals surface area contributed by atoms with Gasteiger partial charge in [0, 0.05) is 6.08 Å². The van der Waals surface area contributed by atoms with Gasteiger partial charge in [-0.1, -0.05) is 24.3 Å². The number of carbonyl (C=O) groups excluding carboxylic acids is 3. The van der Waals surface area contributed by atoms with Crippen molar-refractivity contribution in [2.75, 3.05) is 0 Å². The number of aliphatic hydroxyl groups excluding tert-OH is 1. The normalized spacial score (nSPS) is 11.8. The minimum absolute atomic E-state index is 0.106. The molecule has 0 aliphatic heterocycles. The summed E-state index contributed by atoms with van der Waals surface area (Å²) in [5.41, 5.74) is 1.32. The van der Waals surface area contributed by atoms with Gasteiger partial charge in [-0.05, 0) is 47.5 Å². The molecule has 3 N–H and O–H groups in total. The van der Waals surface area contributed by atoms with Gasteiger partial charge < -0.3 is 15.3 Å². The average Bonchev–Trinajstić information content (AvgIpc) is 2.66. The van der Waals surface area contributed by atoms with Crippen LogP contribution in [0.25, 0.3) is 12.2 Å². The molecule has 6 nitrogen and oxygen atoms in total. The maximum Gasteiger partial charge on any atom is 0.182 e. The first-order chi connectivity index (χ1) is 12.9. The number of aldehydes is 2. The Balaban J connectivity index is 2.07. The van der Waals surface area contributed by atoms with Gasteiger partial charge in [0.15, 0.2) is 18.4 Å². The number of aromatic hydroxyl groups is 2. The van der Waals surface area contributed by atoms with E-state index in [1.165, 1.54) is 54.6 Å². The first kappa shape index (κ1) is 19.4. The van der Waals surface area contributed by atoms with Crippen molar-refractivity contribution in [3.8, 4) is 11.5 Å². The van der Waals surface area contributed by atoms with E-state index < -0.39 is 5.78 Å². The van der Waals surface area contributed by atoms with E-state index in [1.807, 2.05) is 0 Å². The van der Waals surface area contributed by atoms with Gasteiger partial charge in [-0.15, -0.1) is 0 Å². The monoisotopic (exact) mass is 364 g/mol. The van der Waals surface area contributed by atoms with Gasteiger partial charge in [0.05, 0.1) is 11.1 Å². The predicted octanol–water partition coefficient (Wildman–Crippen LogP) is 3.46. The molecule has 0 amide bonds. The summed E-state index contributed by atoms with van der Waals surface area (Å²) in [5, 5.41) is 28.7. The molecular formula is C21H16O6. The second kappa shape index (κ2) is 8.96. The third kappa shape index (κ3) is 5.54. The fourth-order valence-corrected chi connectivity index (χ4v) is 2.14. The highest BCUT2D eigenvalue weighted by Crippen LogP contribution is 2.18. The van der Waals surface area contributed by atoms with Crippen molar-refractivity contribution in [2.45, 2.75) is 0 Å². The SMILES string of the molecule is O=Cc1cc(/C=C/C(=O)C=C(O)/C=C/c2ccc(O)c(C=O)c2)ccc1O. The molecule has 0 aliphatic carbocycles. The lowest BCUT2D eigenvalue weighted by Crippen LogP contribution is -1.89. The number of allylic oxidation sites excluding steroid dienone is 3. The number of hydrogen-bond donors (Lipinski definition) is 3. The van der Waals surface area contributed by atoms with Crippen LogP contribution in [-0.2, 0) is 4.79 Å². The van der Waals surface area contributed by atoms with Crippen molar-refractivity contribution in [2.24, 2.45) is 0 Å². The van der Waals surface area contributed by atoms with Crippen LogP contribution in [0, 0.1) is 0 Å². The lowest BCUT2D eigenvalue weighted by molar-refractivity contribution is -0.110. The zero-order chi connectivity index (χ0) is 19.8. The fourth-order valence-electron chi connectivity index (χ4n) is 2.14. The fraction of sp³-hybridized carbons (Fsp3) is 0. The summed E-state index contributed by atoms with van der Waals surface area (Å²) in [4.78, 5) is 33.4. The van der Waals surface area contributed by atoms with Gasteiger partial charge in [0.2, 0.25) is 0 Å². The molecule has 2 aromatic rings. The molecule has 0 unspecified atom stereocenters. The quantitative estimate of drug-likeness (QED) is 0.300. The minimum Gasteiger partial charge on any atom is -0.508 e. The zero-order valence-corrected chi connectivity index (χ0v) is 14.1. The van der Waals surface area contributed by atoms with Crippen molar-refractivity contribution in [3.63, 3.8) is 0 Å². The van der Waals surface area contributed by atoms with Crippen LogP contribution >= 0.6 is 0 Å². The van der Waals surface area contributed by atoms with Crippen molar-refractivity contribution in [3.05, 3.63) is 82.6 Å². The molecule has 2 aromatic carbocycles. The van der Waals surface area contributed by atoms with Gasteiger partial charge in [-0.2, -0.15) is 0 Å². The third-order valence-electron chi connectivity index (χ3n) is 3.53. The molecule has 0 aliphatic rings. The van der Waals surface area contributed by atoms with Crippen LogP contribution in [-0.4, -0.2) is 33.7 Å². The highest BCUT2D eigenvalue weighted by molar-refractivity contribution is 6.02. The van der Waals surface area contributed by atoms with Gasteiger partial charge in [0.1, 0.15) is 17.3 Å². The average molecular weight is 364 g/mol. The number of benzene rings is 2. The van der Waals surface area contributed by atoms with Gasteiger partial charge in [-0.3, -0.25) is 14.4 Å². The second-order valence-corrected chi connectivity index (χ2v) is 5.51. The summed E-state index contributed by atoms with van der Waals surface area (Å²) >= 11 is 0. The molecule has 136 valence electrons. The Bertz CT molecular complexity index is 967. The van der Waals surface area contributed by atoms with E-state index in [-0.39, 0.29) is 28.4 Å². The summed E-state index contributed by atoms with van der Waals surface area (Å²) in [6.45, 7) is 0. The van der Waals surface area contributed by atoms with E-state index in [9.17, 15) is 29.7 Å². The molecule has 6 heteroatoms. The Morgan fingerprint density at radius 1 is 0.778 bits per heavy atom. The number of aliphatic hydroxyl groups is 1. The number of ketones is 1. The largest absolute Gasteiger partial charge is 0.508 e. The Morgan fingerprint density at radius 2 is 1.26 bits per heavy atom. The summed E-state index contributed by atoms with van der Waals surface area (Å²) in [7, 11) is 0. The number of carbonyl (C=O) groups is 3. The maximum absolute atomic E-state index is 11.8. The summed E-state index contributed by atoms with van der Waals surface area (Å²) in [5.74, 6) is -1.08. The Labute approximate surface area is 155 Å². The molecule has 2 rings (SSSR count). The minimum atomic E-state index is -0.489. The molecule has 0 spiro atoms. The highest BCUT2D eigenvalue weighted by Gasteiger charge is 2.01. The number of rotatable bonds is 7. The standard InChI is InChI=1S/C21H16O6/c22-12-16-9-14(3-7-20(16)26)1-5-18(24)11-19(25)6-2-15-4-8-21(27)17(10-15)13-23/h1-13,24,26-27H/b5-1+,6-2+,18-11?. The first-order valence-electron chi connectivity index (χ1n) is 7.80. The van der Waals surface area contributed by atoms with E-state index in [1.54, 1.807) is 6.07 Å². The molecule has 0 aromatic heterocycles. The Hall–Kier alpha value is -3.93. The van der Waals surface area contributed by atoms with Crippen molar-refractivity contribution in [1.82, 2.24) is 0 Å². The van der Waals surface area contributed by atoms with Crippen molar-refractivity contribution < 1.29 is 29.7 Å². The van der Waals surface area contributed by atoms with E-state index in [2.05, 4.69) is 0 Å². The van der Waals surface area contributed by atoms with E-state index in [0.29, 0.717) is 23.7 Å². The second-order valence-electron chi connectivity index (χ2n) is 5.51. The van der Waals surface area contributed by atoms with Crippen LogP contribution in [0.4, 0.5) is 0 Å². The van der Waals surface area contributed by atoms with E-state index in [0.717, 1.165) is 6.08 Å². The van der Waals surface area contributed by atoms with Gasteiger partial charge >= 0.3 is 0 Å². The topological polar surface area (TPSA) is 112 Å². The Morgan fingerprint density at radius 3 is 1.74 bits per heavy atom. The molecule has 27 heavy (non-hydrogen) atoms. The molecule has 0 heterocycles. The predicted molar refractivity (Wildman–Crippen MR) is 101 cm³/mol. The molecule has 0 saturated heterocycles. The Kier molecular flexibility index (Phi) is 6.44. The lowest BCUT2D eigenvalue weighted by atomic mass is 10.1. The van der Waals surface area contributed by atoms with Gasteiger partial charge in [0.25, 0.3) is 0 Å². The molecular weight excluding hydrogens is 348 g/mol. The number of phenols is 2. The third-order valence-corrected chi connectivity index (χ3v) is 3.53. The van der Waals surface area contributed by atoms with Crippen LogP contribution in [0.3, 0.4) is 0 Å². The van der Waals surface area contributed by atoms with Crippen LogP contribution in [0.1, 0.15) is 31.8 Å². The molecule has 0 atom stereocenters. The van der Waals surface area contributed by atoms with Crippen LogP contribution in [0.15, 0.2) is 60.4 Å². The molecule has 0 bridgehead atoms. The van der Waals surface area contributed by atoms with Crippen molar-refractivity contribution >= 4 is 30.5 Å². The molecule has 0 fully saturated rings. The molecule has 0 saturated carbocycles. The van der Waals surface area contributed by atoms with Crippen molar-refractivity contribution in [1.29, 1.82) is 0 Å². The van der Waals surface area contributed by atoms with Crippen LogP contribution < -0.4 is 0 Å². The highest BCUT2D eigenvalue weighted by atomic mass is 16.3. The zero-order valence-electron chi connectivity index (χ0n) is 14.1. The number of phenolic OH excluding ortho intramolecular Hbond substituents is 2. The molecule has 0 radical (unpaired) electrons. The summed E-state index contributed by atoms with van der Waals surface area (Å²) in [6, 6.07) is 8.63. The summed E-state index contributed by atoms with van der Waals surface area (Å²) in [6.07, 6.45) is 7.41. The lowest BCUT2D eigenvalue weighted by Gasteiger charge is -1.99. The van der Waals surface area contributed by atoms with Crippen LogP contribution in [0.2, 0.25) is 0 Å².